The number of hydroxylamine groups is 1. The Hall–Kier alpha value is -1.46. The van der Waals surface area contributed by atoms with Gasteiger partial charge in [-0.3, -0.25) is 4.52 Å². The van der Waals surface area contributed by atoms with Crippen LogP contribution in [-0.2, 0) is 13.8 Å². The highest BCUT2D eigenvalue weighted by Gasteiger charge is 2.19. The third-order valence-corrected chi connectivity index (χ3v) is 6.70. The summed E-state index contributed by atoms with van der Waals surface area (Å²) in [6.07, 6.45) is 21.0. The number of nitrogens with zero attached hydrogens (tertiary/aromatic N) is 1. The van der Waals surface area contributed by atoms with E-state index < -0.39 is 13.9 Å². The first-order valence-electron chi connectivity index (χ1n) is 14.1. The Kier molecular flexibility index (Phi) is 20.4. The molecule has 0 spiro atoms. The van der Waals surface area contributed by atoms with Crippen LogP contribution in [0.1, 0.15) is 115 Å². The molecule has 3 N–H and O–H groups in total. The van der Waals surface area contributed by atoms with Gasteiger partial charge in [0.05, 0.1) is 30.9 Å². The molecule has 0 aliphatic rings. The van der Waals surface area contributed by atoms with Gasteiger partial charge < -0.3 is 19.4 Å². The maximum absolute atomic E-state index is 11.1. The molecule has 0 amide bonds. The van der Waals surface area contributed by atoms with E-state index in [-0.39, 0.29) is 13.2 Å². The summed E-state index contributed by atoms with van der Waals surface area (Å²) in [5.41, 5.74) is 3.16. The van der Waals surface area contributed by atoms with Gasteiger partial charge in [0.25, 0.3) is 0 Å². The van der Waals surface area contributed by atoms with Crippen LogP contribution in [0.4, 0.5) is 0 Å². The monoisotopic (exact) mass is 540 g/mol. The molecule has 0 aliphatic carbocycles. The minimum atomic E-state index is -4.60. The maximum atomic E-state index is 11.1. The lowest BCUT2D eigenvalue weighted by Gasteiger charge is -2.19. The Morgan fingerprint density at radius 3 is 1.92 bits per heavy atom. The van der Waals surface area contributed by atoms with Crippen molar-refractivity contribution >= 4 is 7.82 Å². The molecule has 1 aromatic rings. The van der Waals surface area contributed by atoms with Crippen LogP contribution in [0.5, 0.6) is 5.75 Å². The number of nitrogens with one attached hydrogen (secondary N) is 1. The molecule has 0 saturated heterocycles. The van der Waals surface area contributed by atoms with Crippen molar-refractivity contribution in [3.05, 3.63) is 29.8 Å². The van der Waals surface area contributed by atoms with Crippen LogP contribution >= 0.6 is 7.82 Å². The molecule has 0 radical (unpaired) electrons. The summed E-state index contributed by atoms with van der Waals surface area (Å²) < 4.78 is 21.4. The third kappa shape index (κ3) is 21.2. The molecule has 0 bridgehead atoms. The summed E-state index contributed by atoms with van der Waals surface area (Å²) in [6.45, 7) is 2.73. The molecule has 9 heteroatoms. The third-order valence-electron chi connectivity index (χ3n) is 6.21. The molecular weight excluding hydrogens is 491 g/mol. The minimum Gasteiger partial charge on any atom is -0.408 e. The number of ether oxygens (including phenoxy) is 1. The van der Waals surface area contributed by atoms with Crippen LogP contribution < -0.4 is 10.3 Å². The predicted octanol–water partition coefficient (Wildman–Crippen LogP) is 7.20. The average Bonchev–Trinajstić information content (AvgIpc) is 2.88. The van der Waals surface area contributed by atoms with E-state index in [2.05, 4.69) is 16.9 Å². The lowest BCUT2D eigenvalue weighted by Crippen LogP contribution is -2.39. The molecule has 1 aromatic carbocycles. The lowest BCUT2D eigenvalue weighted by molar-refractivity contribution is 0.0357. The normalized spacial score (nSPS) is 12.4. The quantitative estimate of drug-likeness (QED) is 0.0676. The highest BCUT2D eigenvalue weighted by atomic mass is 31.2. The zero-order valence-electron chi connectivity index (χ0n) is 22.7. The molecule has 0 fully saturated rings. The smallest absolute Gasteiger partial charge is 0.408 e. The lowest BCUT2D eigenvalue weighted by atomic mass is 10.0. The standard InChI is InChI=1S/C28H49N2O6P/c1-2-3-4-5-6-7-8-9-10-11-12-13-14-15-16-17-21-34-24-27(25-35-37(31,32)33)30-36-28-20-18-19-26(22-28)23-29/h18-20,22,27,30H,2-17,21,24-25H2,1H3,(H2,31,32,33). The number of rotatable bonds is 25. The van der Waals surface area contributed by atoms with E-state index >= 15 is 0 Å². The van der Waals surface area contributed by atoms with E-state index in [1.54, 1.807) is 24.3 Å². The van der Waals surface area contributed by atoms with Crippen LogP contribution in [0.3, 0.4) is 0 Å². The van der Waals surface area contributed by atoms with Gasteiger partial charge in [-0.15, -0.1) is 5.48 Å². The first-order valence-corrected chi connectivity index (χ1v) is 15.7. The molecule has 1 atom stereocenters. The van der Waals surface area contributed by atoms with E-state index in [9.17, 15) is 4.57 Å². The molecule has 1 rings (SSSR count). The predicted molar refractivity (Wildman–Crippen MR) is 147 cm³/mol. The van der Waals surface area contributed by atoms with Crippen LogP contribution in [0, 0.1) is 11.3 Å². The summed E-state index contributed by atoms with van der Waals surface area (Å²) in [5, 5.41) is 8.98. The molecule has 0 heterocycles. The van der Waals surface area contributed by atoms with Gasteiger partial charge in [0, 0.05) is 12.7 Å². The van der Waals surface area contributed by atoms with E-state index in [0.717, 1.165) is 12.8 Å². The van der Waals surface area contributed by atoms with Crippen molar-refractivity contribution in [1.29, 1.82) is 5.26 Å². The van der Waals surface area contributed by atoms with Gasteiger partial charge in [0.15, 0.2) is 0 Å². The Morgan fingerprint density at radius 2 is 1.41 bits per heavy atom. The maximum Gasteiger partial charge on any atom is 0.469 e. The highest BCUT2D eigenvalue weighted by molar-refractivity contribution is 7.46. The van der Waals surface area contributed by atoms with Crippen LogP contribution in [0.2, 0.25) is 0 Å². The summed E-state index contributed by atoms with van der Waals surface area (Å²) in [5.74, 6) is 0.415. The topological polar surface area (TPSA) is 121 Å². The van der Waals surface area contributed by atoms with Crippen molar-refractivity contribution < 1.29 is 28.5 Å². The molecule has 0 saturated carbocycles. The number of benzene rings is 1. The summed E-state index contributed by atoms with van der Waals surface area (Å²) in [6, 6.07) is 8.02. The fourth-order valence-corrected chi connectivity index (χ4v) is 4.44. The van der Waals surface area contributed by atoms with Crippen molar-refractivity contribution in [2.45, 2.75) is 116 Å². The average molecular weight is 541 g/mol. The summed E-state index contributed by atoms with van der Waals surface area (Å²) in [7, 11) is -4.60. The van der Waals surface area contributed by atoms with Crippen molar-refractivity contribution in [1.82, 2.24) is 5.48 Å². The van der Waals surface area contributed by atoms with Gasteiger partial charge in [-0.25, -0.2) is 4.57 Å². The van der Waals surface area contributed by atoms with Crippen LogP contribution in [0.25, 0.3) is 0 Å². The molecule has 0 aliphatic heterocycles. The van der Waals surface area contributed by atoms with Gasteiger partial charge >= 0.3 is 7.82 Å². The summed E-state index contributed by atoms with van der Waals surface area (Å²) >= 11 is 0. The largest absolute Gasteiger partial charge is 0.469 e. The van der Waals surface area contributed by atoms with Gasteiger partial charge in [0.2, 0.25) is 0 Å². The van der Waals surface area contributed by atoms with Gasteiger partial charge in [-0.1, -0.05) is 109 Å². The number of nitriles is 1. The molecule has 37 heavy (non-hydrogen) atoms. The second kappa shape index (κ2) is 22.5. The van der Waals surface area contributed by atoms with Crippen LogP contribution in [-0.4, -0.2) is 35.6 Å². The van der Waals surface area contributed by atoms with Crippen molar-refractivity contribution in [2.24, 2.45) is 0 Å². The first-order chi connectivity index (χ1) is 17.9. The SMILES string of the molecule is CCCCCCCCCCCCCCCCCCOCC(COP(=O)(O)O)NOc1cccc(C#N)c1. The number of hydrogen-bond acceptors (Lipinski definition) is 6. The van der Waals surface area contributed by atoms with E-state index in [1.165, 1.54) is 89.9 Å². The number of phosphoric acid groups is 1. The highest BCUT2D eigenvalue weighted by Crippen LogP contribution is 2.35. The Balaban J connectivity index is 2.04. The zero-order valence-corrected chi connectivity index (χ0v) is 23.6. The first kappa shape index (κ1) is 33.6. The van der Waals surface area contributed by atoms with E-state index in [4.69, 9.17) is 24.6 Å². The molecular formula is C28H49N2O6P. The second-order valence-corrected chi connectivity index (χ2v) is 11.0. The van der Waals surface area contributed by atoms with Crippen molar-refractivity contribution in [3.8, 4) is 11.8 Å². The van der Waals surface area contributed by atoms with Gasteiger partial charge in [-0.05, 0) is 18.6 Å². The van der Waals surface area contributed by atoms with Gasteiger partial charge in [-0.2, -0.15) is 5.26 Å². The fraction of sp³-hybridized carbons (Fsp3) is 0.750. The van der Waals surface area contributed by atoms with Crippen molar-refractivity contribution in [2.75, 3.05) is 19.8 Å². The number of phosphoric ester groups is 1. The zero-order chi connectivity index (χ0) is 27.0. The fourth-order valence-electron chi connectivity index (χ4n) is 4.06. The molecule has 0 aromatic heterocycles. The van der Waals surface area contributed by atoms with E-state index in [1.807, 2.05) is 6.07 Å². The number of hydrogen-bond donors (Lipinski definition) is 3. The number of unbranched alkanes of at least 4 members (excludes halogenated alkanes) is 15. The van der Waals surface area contributed by atoms with Crippen LogP contribution in [0.15, 0.2) is 24.3 Å². The molecule has 8 nitrogen and oxygen atoms in total. The molecule has 212 valence electrons. The Morgan fingerprint density at radius 1 is 0.865 bits per heavy atom. The summed E-state index contributed by atoms with van der Waals surface area (Å²) in [4.78, 5) is 23.4. The minimum absolute atomic E-state index is 0.177. The Bertz CT molecular complexity index is 767. The second-order valence-electron chi connectivity index (χ2n) is 9.72. The molecule has 1 unspecified atom stereocenters. The van der Waals surface area contributed by atoms with Crippen molar-refractivity contribution in [3.63, 3.8) is 0 Å². The van der Waals surface area contributed by atoms with Gasteiger partial charge in [0.1, 0.15) is 5.75 Å². The van der Waals surface area contributed by atoms with E-state index in [0.29, 0.717) is 17.9 Å². The Labute approximate surface area is 224 Å².